The molecule has 1 N–H and O–H groups in total. The molecule has 20 heavy (non-hydrogen) atoms. The summed E-state index contributed by atoms with van der Waals surface area (Å²) < 4.78 is 5.35. The third-order valence-electron chi connectivity index (χ3n) is 4.48. The molecule has 1 aliphatic heterocycles. The number of ether oxygens (including phenoxy) is 1. The highest BCUT2D eigenvalue weighted by Gasteiger charge is 2.23. The van der Waals surface area contributed by atoms with Crippen molar-refractivity contribution < 1.29 is 4.74 Å². The van der Waals surface area contributed by atoms with E-state index >= 15 is 0 Å². The molecular weight excluding hydrogens is 248 g/mol. The van der Waals surface area contributed by atoms with Crippen LogP contribution in [0.4, 0.5) is 0 Å². The van der Waals surface area contributed by atoms with E-state index in [2.05, 4.69) is 56.3 Å². The fourth-order valence-electron chi connectivity index (χ4n) is 2.76. The topological polar surface area (TPSA) is 24.5 Å². The molecule has 3 nitrogen and oxygen atoms in total. The molecule has 1 heterocycles. The average molecular weight is 280 g/mol. The Morgan fingerprint density at radius 1 is 1.35 bits per heavy atom. The van der Waals surface area contributed by atoms with Crippen molar-refractivity contribution in [2.75, 3.05) is 27.2 Å². The Morgan fingerprint density at radius 2 is 2.00 bits per heavy atom. The molecule has 116 valence electrons. The molecule has 0 aromatic carbocycles. The fourth-order valence-corrected chi connectivity index (χ4v) is 2.76. The van der Waals surface area contributed by atoms with Gasteiger partial charge in [0.15, 0.2) is 0 Å². The van der Waals surface area contributed by atoms with E-state index in [1.807, 2.05) is 0 Å². The van der Waals surface area contributed by atoms with Crippen molar-refractivity contribution in [3.8, 4) is 0 Å². The first-order chi connectivity index (χ1) is 9.62. The standard InChI is InChI=1S/C17H32N2O/c1-6-7-17(20-5)9-8-14(2)15(3)19-12-10-16(18-4)11-13-19/h7-9,14-16,18H,6,10-13H2,1-5H3/b9-8-,17-7+. The summed E-state index contributed by atoms with van der Waals surface area (Å²) in [6.45, 7) is 9.17. The summed E-state index contributed by atoms with van der Waals surface area (Å²) in [7, 11) is 3.81. The van der Waals surface area contributed by atoms with Crippen molar-refractivity contribution in [3.05, 3.63) is 24.0 Å². The Kier molecular flexibility index (Phi) is 7.93. The minimum Gasteiger partial charge on any atom is -0.497 e. The van der Waals surface area contributed by atoms with Crippen molar-refractivity contribution in [1.29, 1.82) is 0 Å². The van der Waals surface area contributed by atoms with Crippen LogP contribution >= 0.6 is 0 Å². The zero-order valence-corrected chi connectivity index (χ0v) is 13.9. The SMILES string of the molecule is CC/C=C(\C=C/C(C)C(C)N1CCC(NC)CC1)OC. The number of hydrogen-bond acceptors (Lipinski definition) is 3. The van der Waals surface area contributed by atoms with Gasteiger partial charge in [0.05, 0.1) is 7.11 Å². The lowest BCUT2D eigenvalue weighted by molar-refractivity contribution is 0.133. The summed E-state index contributed by atoms with van der Waals surface area (Å²) in [6.07, 6.45) is 10.0. The highest BCUT2D eigenvalue weighted by molar-refractivity contribution is 5.13. The molecule has 2 unspecified atom stereocenters. The molecule has 0 saturated carbocycles. The second kappa shape index (κ2) is 9.19. The van der Waals surface area contributed by atoms with Gasteiger partial charge in [-0.05, 0) is 64.4 Å². The Balaban J connectivity index is 2.48. The zero-order chi connectivity index (χ0) is 15.0. The molecule has 0 bridgehead atoms. The number of rotatable bonds is 7. The number of hydrogen-bond donors (Lipinski definition) is 1. The number of piperidine rings is 1. The van der Waals surface area contributed by atoms with Gasteiger partial charge in [-0.15, -0.1) is 0 Å². The smallest absolute Gasteiger partial charge is 0.114 e. The van der Waals surface area contributed by atoms with Gasteiger partial charge in [0.2, 0.25) is 0 Å². The van der Waals surface area contributed by atoms with E-state index in [9.17, 15) is 0 Å². The lowest BCUT2D eigenvalue weighted by Gasteiger charge is -2.37. The fraction of sp³-hybridized carbons (Fsp3) is 0.765. The predicted molar refractivity (Wildman–Crippen MR) is 86.8 cm³/mol. The van der Waals surface area contributed by atoms with E-state index < -0.39 is 0 Å². The van der Waals surface area contributed by atoms with Crippen LogP contribution in [0.2, 0.25) is 0 Å². The summed E-state index contributed by atoms with van der Waals surface area (Å²) in [5.41, 5.74) is 0. The van der Waals surface area contributed by atoms with Gasteiger partial charge >= 0.3 is 0 Å². The second-order valence-electron chi connectivity index (χ2n) is 5.78. The van der Waals surface area contributed by atoms with Gasteiger partial charge in [-0.3, -0.25) is 4.90 Å². The van der Waals surface area contributed by atoms with Crippen LogP contribution in [0.5, 0.6) is 0 Å². The van der Waals surface area contributed by atoms with Gasteiger partial charge in [-0.1, -0.05) is 19.9 Å². The van der Waals surface area contributed by atoms with Gasteiger partial charge in [-0.25, -0.2) is 0 Å². The maximum absolute atomic E-state index is 5.35. The first-order valence-corrected chi connectivity index (χ1v) is 7.96. The van der Waals surface area contributed by atoms with Gasteiger partial charge in [0, 0.05) is 12.1 Å². The number of nitrogens with zero attached hydrogens (tertiary/aromatic N) is 1. The van der Waals surface area contributed by atoms with Crippen LogP contribution in [0.3, 0.4) is 0 Å². The Morgan fingerprint density at radius 3 is 2.50 bits per heavy atom. The maximum Gasteiger partial charge on any atom is 0.114 e. The number of allylic oxidation sites excluding steroid dienone is 2. The lowest BCUT2D eigenvalue weighted by Crippen LogP contribution is -2.46. The quantitative estimate of drug-likeness (QED) is 0.572. The highest BCUT2D eigenvalue weighted by Crippen LogP contribution is 2.19. The van der Waals surface area contributed by atoms with Crippen molar-refractivity contribution >= 4 is 0 Å². The molecule has 0 radical (unpaired) electrons. The van der Waals surface area contributed by atoms with Crippen LogP contribution in [-0.2, 0) is 4.74 Å². The molecule has 0 amide bonds. The van der Waals surface area contributed by atoms with E-state index in [0.29, 0.717) is 18.0 Å². The van der Waals surface area contributed by atoms with Gasteiger partial charge in [0.1, 0.15) is 5.76 Å². The largest absolute Gasteiger partial charge is 0.497 e. The van der Waals surface area contributed by atoms with Crippen LogP contribution in [0.1, 0.15) is 40.0 Å². The van der Waals surface area contributed by atoms with Gasteiger partial charge in [0.25, 0.3) is 0 Å². The van der Waals surface area contributed by atoms with Crippen LogP contribution in [0, 0.1) is 5.92 Å². The lowest BCUT2D eigenvalue weighted by atomic mass is 9.97. The zero-order valence-electron chi connectivity index (χ0n) is 13.9. The van der Waals surface area contributed by atoms with E-state index in [-0.39, 0.29) is 0 Å². The second-order valence-corrected chi connectivity index (χ2v) is 5.78. The van der Waals surface area contributed by atoms with Gasteiger partial charge in [-0.2, -0.15) is 0 Å². The molecule has 0 aromatic rings. The average Bonchev–Trinajstić information content (AvgIpc) is 2.50. The summed E-state index contributed by atoms with van der Waals surface area (Å²) in [6, 6.07) is 1.29. The first kappa shape index (κ1) is 17.3. The molecule has 1 rings (SSSR count). The van der Waals surface area contributed by atoms with E-state index in [4.69, 9.17) is 4.74 Å². The molecule has 1 aliphatic rings. The predicted octanol–water partition coefficient (Wildman–Crippen LogP) is 3.19. The Labute approximate surface area is 125 Å². The Bertz CT molecular complexity index is 317. The van der Waals surface area contributed by atoms with Gasteiger partial charge < -0.3 is 10.1 Å². The summed E-state index contributed by atoms with van der Waals surface area (Å²) in [5, 5.41) is 3.39. The Hall–Kier alpha value is -0.800. The molecule has 1 saturated heterocycles. The summed E-state index contributed by atoms with van der Waals surface area (Å²) in [5.74, 6) is 1.51. The van der Waals surface area contributed by atoms with Crippen LogP contribution in [-0.4, -0.2) is 44.2 Å². The maximum atomic E-state index is 5.35. The third-order valence-corrected chi connectivity index (χ3v) is 4.48. The van der Waals surface area contributed by atoms with Crippen molar-refractivity contribution in [2.24, 2.45) is 5.92 Å². The number of likely N-dealkylation sites (tertiary alicyclic amines) is 1. The molecule has 1 fully saturated rings. The number of nitrogens with one attached hydrogen (secondary N) is 1. The van der Waals surface area contributed by atoms with E-state index in [0.717, 1.165) is 12.2 Å². The minimum absolute atomic E-state index is 0.538. The normalized spacial score (nSPS) is 22.1. The number of methoxy groups -OCH3 is 1. The first-order valence-electron chi connectivity index (χ1n) is 7.96. The summed E-state index contributed by atoms with van der Waals surface area (Å²) >= 11 is 0. The molecule has 2 atom stereocenters. The molecule has 0 aromatic heterocycles. The van der Waals surface area contributed by atoms with Crippen molar-refractivity contribution in [3.63, 3.8) is 0 Å². The highest BCUT2D eigenvalue weighted by atomic mass is 16.5. The van der Waals surface area contributed by atoms with Crippen LogP contribution < -0.4 is 5.32 Å². The minimum atomic E-state index is 0.538. The third kappa shape index (κ3) is 5.29. The van der Waals surface area contributed by atoms with Crippen molar-refractivity contribution in [2.45, 2.75) is 52.1 Å². The molecule has 0 spiro atoms. The van der Waals surface area contributed by atoms with Crippen molar-refractivity contribution in [1.82, 2.24) is 10.2 Å². The van der Waals surface area contributed by atoms with E-state index in [1.54, 1.807) is 7.11 Å². The molecule has 3 heteroatoms. The van der Waals surface area contributed by atoms with Crippen LogP contribution in [0.25, 0.3) is 0 Å². The molecule has 0 aliphatic carbocycles. The monoisotopic (exact) mass is 280 g/mol. The van der Waals surface area contributed by atoms with Crippen LogP contribution in [0.15, 0.2) is 24.0 Å². The van der Waals surface area contributed by atoms with E-state index in [1.165, 1.54) is 25.9 Å². The molecular formula is C17H32N2O. The summed E-state index contributed by atoms with van der Waals surface area (Å²) in [4.78, 5) is 2.61.